The molecule has 7 nitrogen and oxygen atoms in total. The molecular formula is C17H15N3O4. The van der Waals surface area contributed by atoms with Crippen molar-refractivity contribution in [3.8, 4) is 11.8 Å². The highest BCUT2D eigenvalue weighted by molar-refractivity contribution is 5.92. The number of rotatable bonds is 3. The van der Waals surface area contributed by atoms with Gasteiger partial charge in [-0.15, -0.1) is 0 Å². The lowest BCUT2D eigenvalue weighted by Crippen LogP contribution is -2.23. The SMILES string of the molecule is Cc1cc(C(=O)NCC#Cc2ccc(N3CCOC3=O)cc2)no1. The molecule has 0 bridgehead atoms. The standard InChI is InChI=1S/C17H15N3O4/c1-12-11-15(19-24-12)16(21)18-8-2-3-13-4-6-14(7-5-13)20-9-10-23-17(20)22/h4-7,11H,8-10H2,1H3,(H,18,21). The van der Waals surface area contributed by atoms with Crippen molar-refractivity contribution in [1.29, 1.82) is 0 Å². The van der Waals surface area contributed by atoms with Crippen molar-refractivity contribution in [3.63, 3.8) is 0 Å². The molecule has 1 aliphatic heterocycles. The first-order valence-electron chi connectivity index (χ1n) is 7.38. The highest BCUT2D eigenvalue weighted by Crippen LogP contribution is 2.18. The molecule has 0 saturated carbocycles. The third-order valence-corrected chi connectivity index (χ3v) is 3.37. The molecular weight excluding hydrogens is 310 g/mol. The van der Waals surface area contributed by atoms with Crippen molar-refractivity contribution in [2.75, 3.05) is 24.6 Å². The Morgan fingerprint density at radius 2 is 2.17 bits per heavy atom. The van der Waals surface area contributed by atoms with Gasteiger partial charge < -0.3 is 14.6 Å². The van der Waals surface area contributed by atoms with E-state index in [2.05, 4.69) is 22.3 Å². The number of hydrogen-bond donors (Lipinski definition) is 1. The van der Waals surface area contributed by atoms with Crippen molar-refractivity contribution in [2.24, 2.45) is 0 Å². The van der Waals surface area contributed by atoms with E-state index in [1.165, 1.54) is 0 Å². The molecule has 0 atom stereocenters. The lowest BCUT2D eigenvalue weighted by Gasteiger charge is -2.11. The van der Waals surface area contributed by atoms with Crippen molar-refractivity contribution >= 4 is 17.7 Å². The number of aryl methyl sites for hydroxylation is 1. The number of ether oxygens (including phenoxy) is 1. The zero-order chi connectivity index (χ0) is 16.9. The molecule has 2 amide bonds. The van der Waals surface area contributed by atoms with Crippen LogP contribution in [0.25, 0.3) is 0 Å². The van der Waals surface area contributed by atoms with E-state index < -0.39 is 0 Å². The maximum atomic E-state index is 11.7. The normalized spacial score (nSPS) is 13.2. The summed E-state index contributed by atoms with van der Waals surface area (Å²) in [7, 11) is 0. The summed E-state index contributed by atoms with van der Waals surface area (Å²) in [4.78, 5) is 24.8. The second-order valence-corrected chi connectivity index (χ2v) is 5.12. The number of carbonyl (C=O) groups excluding carboxylic acids is 2. The molecule has 7 heteroatoms. The largest absolute Gasteiger partial charge is 0.447 e. The van der Waals surface area contributed by atoms with Gasteiger partial charge in [0.1, 0.15) is 12.4 Å². The average Bonchev–Trinajstić information content (AvgIpc) is 3.20. The van der Waals surface area contributed by atoms with Crippen molar-refractivity contribution in [1.82, 2.24) is 10.5 Å². The summed E-state index contributed by atoms with van der Waals surface area (Å²) >= 11 is 0. The maximum Gasteiger partial charge on any atom is 0.414 e. The molecule has 1 fully saturated rings. The number of carbonyl (C=O) groups is 2. The van der Waals surface area contributed by atoms with Gasteiger partial charge in [0.25, 0.3) is 5.91 Å². The second kappa shape index (κ2) is 6.87. The minimum atomic E-state index is -0.334. The smallest absolute Gasteiger partial charge is 0.414 e. The Balaban J connectivity index is 1.54. The number of nitrogens with one attached hydrogen (secondary N) is 1. The summed E-state index contributed by atoms with van der Waals surface area (Å²) in [5.41, 5.74) is 1.80. The van der Waals surface area contributed by atoms with Crippen LogP contribution in [0.5, 0.6) is 0 Å². The summed E-state index contributed by atoms with van der Waals surface area (Å²) in [5.74, 6) is 6.05. The van der Waals surface area contributed by atoms with Gasteiger partial charge in [-0.3, -0.25) is 9.69 Å². The fourth-order valence-electron chi connectivity index (χ4n) is 2.19. The van der Waals surface area contributed by atoms with E-state index in [0.717, 1.165) is 11.3 Å². The number of aromatic nitrogens is 1. The third-order valence-electron chi connectivity index (χ3n) is 3.37. The van der Waals surface area contributed by atoms with Crippen LogP contribution in [0.2, 0.25) is 0 Å². The number of benzene rings is 1. The van der Waals surface area contributed by atoms with Crippen LogP contribution in [0, 0.1) is 18.8 Å². The predicted molar refractivity (Wildman–Crippen MR) is 85.6 cm³/mol. The minimum Gasteiger partial charge on any atom is -0.447 e. The molecule has 0 aliphatic carbocycles. The van der Waals surface area contributed by atoms with Crippen LogP contribution in [0.15, 0.2) is 34.9 Å². The zero-order valence-corrected chi connectivity index (χ0v) is 13.0. The molecule has 2 aromatic rings. The Hall–Kier alpha value is -3.27. The molecule has 122 valence electrons. The summed E-state index contributed by atoms with van der Waals surface area (Å²) in [6, 6.07) is 8.82. The third kappa shape index (κ3) is 3.55. The molecule has 3 rings (SSSR count). The van der Waals surface area contributed by atoms with E-state index in [4.69, 9.17) is 9.26 Å². The monoisotopic (exact) mass is 325 g/mol. The number of amides is 2. The lowest BCUT2D eigenvalue weighted by atomic mass is 10.2. The topological polar surface area (TPSA) is 84.7 Å². The van der Waals surface area contributed by atoms with E-state index in [0.29, 0.717) is 18.9 Å². The van der Waals surface area contributed by atoms with Gasteiger partial charge in [0, 0.05) is 17.3 Å². The van der Waals surface area contributed by atoms with Gasteiger partial charge in [0.05, 0.1) is 13.1 Å². The van der Waals surface area contributed by atoms with Gasteiger partial charge in [-0.1, -0.05) is 17.0 Å². The molecule has 0 unspecified atom stereocenters. The Labute approximate surface area is 138 Å². The van der Waals surface area contributed by atoms with Gasteiger partial charge in [0.15, 0.2) is 5.69 Å². The van der Waals surface area contributed by atoms with Crippen molar-refractivity contribution in [2.45, 2.75) is 6.92 Å². The zero-order valence-electron chi connectivity index (χ0n) is 13.0. The number of hydrogen-bond acceptors (Lipinski definition) is 5. The summed E-state index contributed by atoms with van der Waals surface area (Å²) in [6.07, 6.45) is -0.334. The lowest BCUT2D eigenvalue weighted by molar-refractivity contribution is 0.0949. The van der Waals surface area contributed by atoms with Crippen LogP contribution in [-0.2, 0) is 4.74 Å². The number of nitrogens with zero attached hydrogens (tertiary/aromatic N) is 2. The molecule has 0 spiro atoms. The van der Waals surface area contributed by atoms with E-state index >= 15 is 0 Å². The van der Waals surface area contributed by atoms with Crippen LogP contribution in [0.4, 0.5) is 10.5 Å². The first kappa shape index (κ1) is 15.6. The quantitative estimate of drug-likeness (QED) is 0.869. The molecule has 1 saturated heterocycles. The second-order valence-electron chi connectivity index (χ2n) is 5.12. The summed E-state index contributed by atoms with van der Waals surface area (Å²) < 4.78 is 9.74. The van der Waals surface area contributed by atoms with Crippen LogP contribution in [0.1, 0.15) is 21.8 Å². The summed E-state index contributed by atoms with van der Waals surface area (Å²) in [6.45, 7) is 2.88. The Morgan fingerprint density at radius 1 is 1.38 bits per heavy atom. The van der Waals surface area contributed by atoms with Gasteiger partial charge >= 0.3 is 6.09 Å². The molecule has 2 heterocycles. The van der Waals surface area contributed by atoms with Gasteiger partial charge in [-0.05, 0) is 31.2 Å². The molecule has 0 radical (unpaired) electrons. The highest BCUT2D eigenvalue weighted by atomic mass is 16.6. The van der Waals surface area contributed by atoms with Gasteiger partial charge in [0.2, 0.25) is 0 Å². The van der Waals surface area contributed by atoms with Crippen LogP contribution in [0.3, 0.4) is 0 Å². The first-order chi connectivity index (χ1) is 11.6. The number of anilines is 1. The van der Waals surface area contributed by atoms with Crippen LogP contribution >= 0.6 is 0 Å². The van der Waals surface area contributed by atoms with Crippen LogP contribution in [-0.4, -0.2) is 36.9 Å². The molecule has 1 aromatic carbocycles. The van der Waals surface area contributed by atoms with E-state index in [1.807, 2.05) is 24.3 Å². The van der Waals surface area contributed by atoms with Gasteiger partial charge in [-0.2, -0.15) is 0 Å². The fourth-order valence-corrected chi connectivity index (χ4v) is 2.19. The van der Waals surface area contributed by atoms with E-state index in [9.17, 15) is 9.59 Å². The Bertz CT molecular complexity index is 814. The maximum absolute atomic E-state index is 11.7. The highest BCUT2D eigenvalue weighted by Gasteiger charge is 2.23. The predicted octanol–water partition coefficient (Wildman–Crippen LogP) is 1.72. The molecule has 1 N–H and O–H groups in total. The molecule has 1 aromatic heterocycles. The Morgan fingerprint density at radius 3 is 2.79 bits per heavy atom. The minimum absolute atomic E-state index is 0.199. The van der Waals surface area contributed by atoms with Crippen LogP contribution < -0.4 is 10.2 Å². The van der Waals surface area contributed by atoms with Crippen molar-refractivity contribution < 1.29 is 18.8 Å². The first-order valence-corrected chi connectivity index (χ1v) is 7.38. The molecule has 24 heavy (non-hydrogen) atoms. The van der Waals surface area contributed by atoms with E-state index in [1.54, 1.807) is 17.9 Å². The average molecular weight is 325 g/mol. The Kier molecular flexibility index (Phi) is 4.47. The molecule has 1 aliphatic rings. The van der Waals surface area contributed by atoms with Crippen molar-refractivity contribution in [3.05, 3.63) is 47.3 Å². The van der Waals surface area contributed by atoms with E-state index in [-0.39, 0.29) is 24.2 Å². The number of cyclic esters (lactones) is 1. The fraction of sp³-hybridized carbons (Fsp3) is 0.235. The summed E-state index contributed by atoms with van der Waals surface area (Å²) in [5, 5.41) is 6.27. The van der Waals surface area contributed by atoms with Gasteiger partial charge in [-0.25, -0.2) is 4.79 Å².